The van der Waals surface area contributed by atoms with Crippen LogP contribution in [0.25, 0.3) is 0 Å². The molecule has 0 saturated carbocycles. The van der Waals surface area contributed by atoms with Crippen molar-refractivity contribution in [3.8, 4) is 0 Å². The van der Waals surface area contributed by atoms with E-state index in [-0.39, 0.29) is 17.3 Å². The van der Waals surface area contributed by atoms with Crippen LogP contribution in [0.3, 0.4) is 0 Å². The summed E-state index contributed by atoms with van der Waals surface area (Å²) in [5, 5.41) is 9.32. The normalized spacial score (nSPS) is 14.5. The topological polar surface area (TPSA) is 59.3 Å². The second-order valence-electron chi connectivity index (χ2n) is 5.74. The summed E-state index contributed by atoms with van der Waals surface area (Å²) in [5.41, 5.74) is 2.73. The lowest BCUT2D eigenvalue weighted by Crippen LogP contribution is -2.11. The zero-order chi connectivity index (χ0) is 16.4. The highest BCUT2D eigenvalue weighted by atomic mass is 32.2. The highest BCUT2D eigenvalue weighted by Crippen LogP contribution is 2.32. The predicted octanol–water partition coefficient (Wildman–Crippen LogP) is 4.16. The summed E-state index contributed by atoms with van der Waals surface area (Å²) >= 11 is 1.64. The van der Waals surface area contributed by atoms with E-state index in [2.05, 4.69) is 6.92 Å². The molecule has 4 nitrogen and oxygen atoms in total. The van der Waals surface area contributed by atoms with Gasteiger partial charge in [-0.1, -0.05) is 37.3 Å². The van der Waals surface area contributed by atoms with Gasteiger partial charge in [0.05, 0.1) is 17.1 Å². The van der Waals surface area contributed by atoms with Crippen molar-refractivity contribution < 1.29 is 14.7 Å². The molecule has 3 rings (SSSR count). The van der Waals surface area contributed by atoms with Gasteiger partial charge in [-0.05, 0) is 24.0 Å². The fraction of sp³-hybridized carbons (Fsp3) is 0.333. The number of aromatic carboxylic acids is 1. The Balaban J connectivity index is 1.86. The lowest BCUT2D eigenvalue weighted by molar-refractivity contribution is 0.0696. The zero-order valence-electron chi connectivity index (χ0n) is 13.0. The third-order valence-corrected chi connectivity index (χ3v) is 5.30. The molecule has 0 aliphatic carbocycles. The molecule has 0 radical (unpaired) electrons. The average Bonchev–Trinajstić information content (AvgIpc) is 3.15. The second-order valence-corrected chi connectivity index (χ2v) is 6.70. The van der Waals surface area contributed by atoms with Gasteiger partial charge in [-0.3, -0.25) is 4.79 Å². The van der Waals surface area contributed by atoms with Crippen molar-refractivity contribution in [3.05, 3.63) is 58.9 Å². The van der Waals surface area contributed by atoms with Crippen molar-refractivity contribution in [3.63, 3.8) is 0 Å². The maximum absolute atomic E-state index is 12.8. The minimum atomic E-state index is -0.953. The van der Waals surface area contributed by atoms with Crippen LogP contribution < -0.4 is 0 Å². The SMILES string of the molecule is CC[C@@H](CC(=O)c1cc(C(=O)O)c2n1CSC2)c1ccccc1. The summed E-state index contributed by atoms with van der Waals surface area (Å²) in [7, 11) is 0. The van der Waals surface area contributed by atoms with Crippen LogP contribution in [0.5, 0.6) is 0 Å². The van der Waals surface area contributed by atoms with Crippen molar-refractivity contribution in [1.29, 1.82) is 0 Å². The van der Waals surface area contributed by atoms with Crippen LogP contribution in [-0.4, -0.2) is 21.4 Å². The molecule has 2 heterocycles. The van der Waals surface area contributed by atoms with Crippen LogP contribution in [0.1, 0.15) is 57.8 Å². The molecule has 5 heteroatoms. The Morgan fingerprint density at radius 2 is 2.04 bits per heavy atom. The van der Waals surface area contributed by atoms with Gasteiger partial charge in [-0.2, -0.15) is 0 Å². The molecule has 0 spiro atoms. The maximum Gasteiger partial charge on any atom is 0.337 e. The first-order valence-electron chi connectivity index (χ1n) is 7.73. The minimum absolute atomic E-state index is 0.0250. The predicted molar refractivity (Wildman–Crippen MR) is 91.1 cm³/mol. The Morgan fingerprint density at radius 3 is 2.70 bits per heavy atom. The van der Waals surface area contributed by atoms with Gasteiger partial charge in [0.1, 0.15) is 0 Å². The number of thioether (sulfide) groups is 1. The van der Waals surface area contributed by atoms with Crippen molar-refractivity contribution in [1.82, 2.24) is 4.57 Å². The van der Waals surface area contributed by atoms with Crippen LogP contribution in [0, 0.1) is 0 Å². The Hall–Kier alpha value is -2.01. The standard InChI is InChI=1S/C18H19NO3S/c1-2-12(13-6-4-3-5-7-13)8-17(20)15-9-14(18(21)22)16-10-23-11-19(15)16/h3-7,9,12H,2,8,10-11H2,1H3,(H,21,22)/t12-/m0/s1. The number of nitrogens with zero attached hydrogens (tertiary/aromatic N) is 1. The summed E-state index contributed by atoms with van der Waals surface area (Å²) in [5.74, 6) is 0.552. The molecule has 1 atom stereocenters. The lowest BCUT2D eigenvalue weighted by atomic mass is 9.91. The van der Waals surface area contributed by atoms with Gasteiger partial charge < -0.3 is 9.67 Å². The molecular formula is C18H19NO3S. The van der Waals surface area contributed by atoms with Crippen LogP contribution >= 0.6 is 11.8 Å². The van der Waals surface area contributed by atoms with E-state index < -0.39 is 5.97 Å². The number of carbonyl (C=O) groups excluding carboxylic acids is 1. The third kappa shape index (κ3) is 3.06. The van der Waals surface area contributed by atoms with Crippen molar-refractivity contribution in [2.24, 2.45) is 0 Å². The van der Waals surface area contributed by atoms with Crippen LogP contribution in [0.2, 0.25) is 0 Å². The summed E-state index contributed by atoms with van der Waals surface area (Å²) in [4.78, 5) is 24.1. The number of hydrogen-bond acceptors (Lipinski definition) is 3. The summed E-state index contributed by atoms with van der Waals surface area (Å²) in [6.45, 7) is 2.08. The summed E-state index contributed by atoms with van der Waals surface area (Å²) in [6, 6.07) is 11.6. The van der Waals surface area contributed by atoms with E-state index in [4.69, 9.17) is 0 Å². The number of benzene rings is 1. The molecule has 2 aromatic rings. The largest absolute Gasteiger partial charge is 0.478 e. The number of aromatic nitrogens is 1. The fourth-order valence-corrected chi connectivity index (χ4v) is 4.17. The first-order chi connectivity index (χ1) is 11.1. The molecule has 0 saturated heterocycles. The fourth-order valence-electron chi connectivity index (χ4n) is 3.09. The number of carbonyl (C=O) groups is 2. The first kappa shape index (κ1) is 15.9. The summed E-state index contributed by atoms with van der Waals surface area (Å²) in [6.07, 6.45) is 1.29. The molecule has 0 amide bonds. The van der Waals surface area contributed by atoms with Crippen molar-refractivity contribution >= 4 is 23.5 Å². The number of carboxylic acid groups (broad SMARTS) is 1. The van der Waals surface area contributed by atoms with Crippen molar-refractivity contribution in [2.45, 2.75) is 37.3 Å². The number of rotatable bonds is 6. The van der Waals surface area contributed by atoms with Gasteiger partial charge in [0.25, 0.3) is 0 Å². The molecule has 1 aromatic carbocycles. The molecule has 0 fully saturated rings. The van der Waals surface area contributed by atoms with Gasteiger partial charge in [0.2, 0.25) is 0 Å². The Bertz CT molecular complexity index is 736. The van der Waals surface area contributed by atoms with Gasteiger partial charge >= 0.3 is 5.97 Å². The molecule has 1 aliphatic heterocycles. The molecule has 0 unspecified atom stereocenters. The lowest BCUT2D eigenvalue weighted by Gasteiger charge is -2.15. The zero-order valence-corrected chi connectivity index (χ0v) is 13.8. The Labute approximate surface area is 139 Å². The number of ketones is 1. The molecule has 1 aromatic heterocycles. The van der Waals surface area contributed by atoms with E-state index in [1.807, 2.05) is 34.9 Å². The van der Waals surface area contributed by atoms with Gasteiger partial charge in [0, 0.05) is 17.9 Å². The van der Waals surface area contributed by atoms with E-state index in [1.54, 1.807) is 17.8 Å². The van der Waals surface area contributed by atoms with Crippen molar-refractivity contribution in [2.75, 3.05) is 0 Å². The molecule has 1 N–H and O–H groups in total. The maximum atomic E-state index is 12.8. The van der Waals surface area contributed by atoms with E-state index in [0.717, 1.165) is 17.7 Å². The highest BCUT2D eigenvalue weighted by molar-refractivity contribution is 7.97. The third-order valence-electron chi connectivity index (χ3n) is 4.38. The van der Waals surface area contributed by atoms with Crippen LogP contribution in [0.4, 0.5) is 0 Å². The first-order valence-corrected chi connectivity index (χ1v) is 8.88. The molecule has 1 aliphatic rings. The number of Topliss-reactive ketones (excluding diaryl/α,β-unsaturated/α-hetero) is 1. The Morgan fingerprint density at radius 1 is 1.30 bits per heavy atom. The minimum Gasteiger partial charge on any atom is -0.478 e. The van der Waals surface area contributed by atoms with Gasteiger partial charge in [-0.15, -0.1) is 11.8 Å². The van der Waals surface area contributed by atoms with E-state index in [0.29, 0.717) is 23.7 Å². The summed E-state index contributed by atoms with van der Waals surface area (Å²) < 4.78 is 1.87. The van der Waals surface area contributed by atoms with Gasteiger partial charge in [-0.25, -0.2) is 4.79 Å². The molecule has 23 heavy (non-hydrogen) atoms. The van der Waals surface area contributed by atoms with E-state index in [1.165, 1.54) is 0 Å². The number of fused-ring (bicyclic) bond motifs is 1. The average molecular weight is 329 g/mol. The molecule has 0 bridgehead atoms. The monoisotopic (exact) mass is 329 g/mol. The van der Waals surface area contributed by atoms with Crippen LogP contribution in [0.15, 0.2) is 36.4 Å². The molecular weight excluding hydrogens is 310 g/mol. The van der Waals surface area contributed by atoms with Gasteiger partial charge in [0.15, 0.2) is 5.78 Å². The Kier molecular flexibility index (Phi) is 4.57. The number of carboxylic acids is 1. The highest BCUT2D eigenvalue weighted by Gasteiger charge is 2.27. The molecule has 120 valence electrons. The number of hydrogen-bond donors (Lipinski definition) is 1. The van der Waals surface area contributed by atoms with E-state index >= 15 is 0 Å². The smallest absolute Gasteiger partial charge is 0.337 e. The quantitative estimate of drug-likeness (QED) is 0.809. The van der Waals surface area contributed by atoms with E-state index in [9.17, 15) is 14.7 Å². The van der Waals surface area contributed by atoms with Crippen LogP contribution in [-0.2, 0) is 11.6 Å². The second kappa shape index (κ2) is 6.62.